The first-order chi connectivity index (χ1) is 10.1. The van der Waals surface area contributed by atoms with E-state index in [1.165, 1.54) is 0 Å². The average Bonchev–Trinajstić information content (AvgIpc) is 2.35. The van der Waals surface area contributed by atoms with E-state index in [2.05, 4.69) is 15.9 Å². The standard InChI is InChI=1S/C12H17BrO9/c1-5(15)19-9-8(4-14)22-12(13,18)11(21-7(3)17)10(9)20-6(2)16/h8-11,14,18H,4H2,1-3H3/t8-,9-,10+,11-,12?/m1/s1. The van der Waals surface area contributed by atoms with Crippen molar-refractivity contribution in [2.45, 2.75) is 49.9 Å². The molecule has 9 nitrogen and oxygen atoms in total. The molecule has 2 N–H and O–H groups in total. The van der Waals surface area contributed by atoms with Crippen molar-refractivity contribution in [1.29, 1.82) is 0 Å². The zero-order valence-electron chi connectivity index (χ0n) is 12.1. The van der Waals surface area contributed by atoms with Gasteiger partial charge in [-0.25, -0.2) is 0 Å². The number of aliphatic hydroxyl groups excluding tert-OH is 1. The molecule has 0 radical (unpaired) electrons. The first-order valence-electron chi connectivity index (χ1n) is 6.30. The summed E-state index contributed by atoms with van der Waals surface area (Å²) in [4.78, 5) is 33.7. The van der Waals surface area contributed by atoms with E-state index < -0.39 is 53.6 Å². The molecule has 22 heavy (non-hydrogen) atoms. The van der Waals surface area contributed by atoms with Crippen LogP contribution >= 0.6 is 15.9 Å². The zero-order chi connectivity index (χ0) is 17.1. The van der Waals surface area contributed by atoms with E-state index >= 15 is 0 Å². The fourth-order valence-electron chi connectivity index (χ4n) is 2.05. The van der Waals surface area contributed by atoms with Crippen LogP contribution in [0.3, 0.4) is 0 Å². The molecule has 1 heterocycles. The van der Waals surface area contributed by atoms with Crippen LogP contribution in [0.5, 0.6) is 0 Å². The van der Waals surface area contributed by atoms with Gasteiger partial charge < -0.3 is 29.2 Å². The van der Waals surface area contributed by atoms with Crippen molar-refractivity contribution in [2.75, 3.05) is 6.61 Å². The topological polar surface area (TPSA) is 129 Å². The third-order valence-electron chi connectivity index (χ3n) is 2.73. The molecule has 1 aliphatic heterocycles. The van der Waals surface area contributed by atoms with Gasteiger partial charge in [0.1, 0.15) is 6.10 Å². The molecule has 0 saturated carbocycles. The molecule has 0 spiro atoms. The molecule has 1 unspecified atom stereocenters. The number of ether oxygens (including phenoxy) is 4. The van der Waals surface area contributed by atoms with Gasteiger partial charge in [-0.15, -0.1) is 0 Å². The van der Waals surface area contributed by atoms with Crippen LogP contribution < -0.4 is 0 Å². The maximum atomic E-state index is 11.3. The number of carbonyl (C=O) groups is 3. The van der Waals surface area contributed by atoms with Crippen molar-refractivity contribution in [3.8, 4) is 0 Å². The molecular formula is C12H17BrO9. The lowest BCUT2D eigenvalue weighted by molar-refractivity contribution is -0.308. The molecule has 1 saturated heterocycles. The molecule has 1 aliphatic rings. The van der Waals surface area contributed by atoms with Gasteiger partial charge in [0.15, 0.2) is 12.2 Å². The Morgan fingerprint density at radius 2 is 1.50 bits per heavy atom. The van der Waals surface area contributed by atoms with Crippen LogP contribution in [0.4, 0.5) is 0 Å². The predicted molar refractivity (Wildman–Crippen MR) is 72.5 cm³/mol. The highest BCUT2D eigenvalue weighted by Crippen LogP contribution is 2.37. The van der Waals surface area contributed by atoms with Crippen molar-refractivity contribution in [3.05, 3.63) is 0 Å². The second-order valence-corrected chi connectivity index (χ2v) is 5.76. The van der Waals surface area contributed by atoms with Crippen molar-refractivity contribution in [3.63, 3.8) is 0 Å². The summed E-state index contributed by atoms with van der Waals surface area (Å²) in [5, 5.41) is 19.5. The molecule has 10 heteroatoms. The minimum atomic E-state index is -2.23. The molecule has 0 amide bonds. The second kappa shape index (κ2) is 7.36. The summed E-state index contributed by atoms with van der Waals surface area (Å²) < 4.78 is 17.8. The fourth-order valence-corrected chi connectivity index (χ4v) is 2.64. The normalized spacial score (nSPS) is 34.6. The van der Waals surface area contributed by atoms with Gasteiger partial charge in [0.25, 0.3) is 4.70 Å². The Kier molecular flexibility index (Phi) is 6.29. The van der Waals surface area contributed by atoms with Gasteiger partial charge in [-0.2, -0.15) is 0 Å². The van der Waals surface area contributed by atoms with E-state index in [0.717, 1.165) is 20.8 Å². The number of halogens is 1. The third-order valence-corrected chi connectivity index (χ3v) is 3.37. The van der Waals surface area contributed by atoms with Crippen molar-refractivity contribution in [1.82, 2.24) is 0 Å². The van der Waals surface area contributed by atoms with Crippen molar-refractivity contribution < 1.29 is 43.5 Å². The lowest BCUT2D eigenvalue weighted by Gasteiger charge is -2.45. The summed E-state index contributed by atoms with van der Waals surface area (Å²) in [5.74, 6) is -2.28. The minimum absolute atomic E-state index is 0.642. The highest BCUT2D eigenvalue weighted by Gasteiger charge is 2.58. The van der Waals surface area contributed by atoms with Crippen LogP contribution in [0.25, 0.3) is 0 Å². The van der Waals surface area contributed by atoms with Gasteiger partial charge in [-0.1, -0.05) is 0 Å². The van der Waals surface area contributed by atoms with Gasteiger partial charge in [-0.3, -0.25) is 14.4 Å². The zero-order valence-corrected chi connectivity index (χ0v) is 13.7. The number of rotatable bonds is 4. The second-order valence-electron chi connectivity index (χ2n) is 4.63. The molecule has 0 aliphatic carbocycles. The predicted octanol–water partition coefficient (Wildman–Crippen LogP) is -0.786. The number of alkyl halides is 1. The quantitative estimate of drug-likeness (QED) is 0.364. The van der Waals surface area contributed by atoms with Crippen LogP contribution in [0.15, 0.2) is 0 Å². The third kappa shape index (κ3) is 4.63. The van der Waals surface area contributed by atoms with Gasteiger partial charge >= 0.3 is 17.9 Å². The maximum absolute atomic E-state index is 11.3. The summed E-state index contributed by atoms with van der Waals surface area (Å²) in [6.45, 7) is 2.63. The Morgan fingerprint density at radius 1 is 1.05 bits per heavy atom. The van der Waals surface area contributed by atoms with Crippen LogP contribution in [-0.2, 0) is 33.3 Å². The number of hydrogen-bond donors (Lipinski definition) is 2. The maximum Gasteiger partial charge on any atom is 0.303 e. The highest BCUT2D eigenvalue weighted by atomic mass is 79.9. The summed E-state index contributed by atoms with van der Waals surface area (Å²) in [6.07, 6.45) is -5.36. The minimum Gasteiger partial charge on any atom is -0.456 e. The van der Waals surface area contributed by atoms with E-state index in [1.54, 1.807) is 0 Å². The van der Waals surface area contributed by atoms with Crippen LogP contribution in [0.2, 0.25) is 0 Å². The summed E-state index contributed by atoms with van der Waals surface area (Å²) in [5.41, 5.74) is 0. The Balaban J connectivity index is 3.21. The summed E-state index contributed by atoms with van der Waals surface area (Å²) >= 11 is 2.81. The first kappa shape index (κ1) is 18.8. The molecule has 1 fully saturated rings. The number of esters is 3. The summed E-state index contributed by atoms with van der Waals surface area (Å²) in [6, 6.07) is 0. The highest BCUT2D eigenvalue weighted by molar-refractivity contribution is 9.10. The molecule has 0 bridgehead atoms. The molecule has 0 aromatic carbocycles. The fraction of sp³-hybridized carbons (Fsp3) is 0.750. The number of hydrogen-bond acceptors (Lipinski definition) is 9. The Hall–Kier alpha value is -1.23. The molecule has 126 valence electrons. The Bertz CT molecular complexity index is 450. The number of aliphatic hydroxyl groups is 2. The number of carbonyl (C=O) groups excluding carboxylic acids is 3. The van der Waals surface area contributed by atoms with Crippen molar-refractivity contribution >= 4 is 33.8 Å². The van der Waals surface area contributed by atoms with Crippen molar-refractivity contribution in [2.24, 2.45) is 0 Å². The molecule has 0 aromatic heterocycles. The molecule has 5 atom stereocenters. The largest absolute Gasteiger partial charge is 0.456 e. The smallest absolute Gasteiger partial charge is 0.303 e. The van der Waals surface area contributed by atoms with Gasteiger partial charge in [0.05, 0.1) is 6.61 Å². The van der Waals surface area contributed by atoms with Gasteiger partial charge in [-0.05, 0) is 15.9 Å². The molecular weight excluding hydrogens is 368 g/mol. The van der Waals surface area contributed by atoms with Gasteiger partial charge in [0, 0.05) is 20.8 Å². The van der Waals surface area contributed by atoms with Crippen LogP contribution in [-0.4, -0.2) is 63.8 Å². The van der Waals surface area contributed by atoms with Gasteiger partial charge in [0.2, 0.25) is 6.10 Å². The lowest BCUT2D eigenvalue weighted by Crippen LogP contribution is -2.65. The Labute approximate surface area is 134 Å². The molecule has 1 rings (SSSR count). The van der Waals surface area contributed by atoms with E-state index in [0.29, 0.717) is 0 Å². The van der Waals surface area contributed by atoms with Crippen LogP contribution in [0.1, 0.15) is 20.8 Å². The van der Waals surface area contributed by atoms with E-state index in [4.69, 9.17) is 18.9 Å². The Morgan fingerprint density at radius 3 is 1.91 bits per heavy atom. The van der Waals surface area contributed by atoms with E-state index in [9.17, 15) is 24.6 Å². The molecule has 0 aromatic rings. The lowest BCUT2D eigenvalue weighted by atomic mass is 9.98. The average molecular weight is 385 g/mol. The van der Waals surface area contributed by atoms with E-state index in [1.807, 2.05) is 0 Å². The SMILES string of the molecule is CC(=O)O[C@H]1[C@H](OC(C)=O)[C@@H](CO)OC(O)(Br)[C@@H]1OC(C)=O. The van der Waals surface area contributed by atoms with Crippen LogP contribution in [0, 0.1) is 0 Å². The summed E-state index contributed by atoms with van der Waals surface area (Å²) in [7, 11) is 0. The van der Waals surface area contributed by atoms with E-state index in [-0.39, 0.29) is 0 Å². The first-order valence-corrected chi connectivity index (χ1v) is 7.09. The monoisotopic (exact) mass is 384 g/mol.